The van der Waals surface area contributed by atoms with E-state index in [1.54, 1.807) is 4.57 Å². The Morgan fingerprint density at radius 3 is 2.67 bits per heavy atom. The molecule has 0 saturated carbocycles. The van der Waals surface area contributed by atoms with E-state index in [9.17, 15) is 8.42 Å². The first-order valence-corrected chi connectivity index (χ1v) is 8.21. The number of hydrogen-bond donors (Lipinski definition) is 0. The second-order valence-electron chi connectivity index (χ2n) is 4.36. The molecule has 1 heterocycles. The minimum atomic E-state index is -3.32. The lowest BCUT2D eigenvalue weighted by Gasteiger charge is -2.11. The second-order valence-corrected chi connectivity index (χ2v) is 6.54. The zero-order valence-electron chi connectivity index (χ0n) is 10.9. The predicted octanol–water partition coefficient (Wildman–Crippen LogP) is 1.84. The van der Waals surface area contributed by atoms with Gasteiger partial charge in [-0.15, -0.1) is 11.6 Å². The summed E-state index contributed by atoms with van der Waals surface area (Å²) in [6.07, 6.45) is 3.55. The first kappa shape index (κ1) is 15.5. The summed E-state index contributed by atoms with van der Waals surface area (Å²) < 4.78 is 30.2. The van der Waals surface area contributed by atoms with E-state index in [0.717, 1.165) is 12.7 Å². The lowest BCUT2D eigenvalue weighted by Crippen LogP contribution is -2.13. The lowest BCUT2D eigenvalue weighted by atomic mass is 10.4. The van der Waals surface area contributed by atoms with Crippen molar-refractivity contribution in [2.45, 2.75) is 44.0 Å². The van der Waals surface area contributed by atoms with Crippen molar-refractivity contribution in [3.63, 3.8) is 0 Å². The second kappa shape index (κ2) is 6.54. The molecule has 0 saturated heterocycles. The van der Waals surface area contributed by atoms with Crippen LogP contribution in [0.25, 0.3) is 0 Å². The summed E-state index contributed by atoms with van der Waals surface area (Å²) in [6, 6.07) is 0. The topological polar surface area (TPSA) is 61.2 Å². The van der Waals surface area contributed by atoms with E-state index >= 15 is 0 Å². The average molecular weight is 295 g/mol. The van der Waals surface area contributed by atoms with Crippen molar-refractivity contribution in [2.75, 3.05) is 12.9 Å². The van der Waals surface area contributed by atoms with Crippen LogP contribution in [0.3, 0.4) is 0 Å². The highest BCUT2D eigenvalue weighted by Gasteiger charge is 2.17. The van der Waals surface area contributed by atoms with Crippen molar-refractivity contribution in [3.05, 3.63) is 11.9 Å². The zero-order valence-corrected chi connectivity index (χ0v) is 12.5. The molecule has 0 N–H and O–H groups in total. The normalized spacial score (nSPS) is 12.3. The molecular weight excluding hydrogens is 276 g/mol. The smallest absolute Gasteiger partial charge is 0.227 e. The summed E-state index contributed by atoms with van der Waals surface area (Å²) in [7, 11) is -3.32. The van der Waals surface area contributed by atoms with Crippen LogP contribution in [0.5, 0.6) is 0 Å². The molecule has 0 atom stereocenters. The van der Waals surface area contributed by atoms with Crippen molar-refractivity contribution < 1.29 is 13.2 Å². The molecule has 7 heteroatoms. The van der Waals surface area contributed by atoms with Gasteiger partial charge in [-0.3, -0.25) is 0 Å². The largest absolute Gasteiger partial charge is 0.379 e. The highest BCUT2D eigenvalue weighted by atomic mass is 35.5. The Balaban J connectivity index is 2.76. The summed E-state index contributed by atoms with van der Waals surface area (Å²) in [5.41, 5.74) is 0.710. The van der Waals surface area contributed by atoms with Gasteiger partial charge in [-0.05, 0) is 20.3 Å². The molecule has 0 radical (unpaired) electrons. The van der Waals surface area contributed by atoms with E-state index < -0.39 is 9.84 Å². The highest BCUT2D eigenvalue weighted by Crippen LogP contribution is 2.14. The van der Waals surface area contributed by atoms with Gasteiger partial charge in [0.05, 0.1) is 23.9 Å². The van der Waals surface area contributed by atoms with E-state index in [1.165, 1.54) is 6.20 Å². The minimum absolute atomic E-state index is 0.0719. The maximum absolute atomic E-state index is 11.6. The molecule has 0 unspecified atom stereocenters. The minimum Gasteiger partial charge on any atom is -0.379 e. The van der Waals surface area contributed by atoms with Crippen LogP contribution in [0.15, 0.2) is 11.4 Å². The van der Waals surface area contributed by atoms with Crippen LogP contribution in [-0.4, -0.2) is 36.9 Å². The molecule has 1 aromatic heterocycles. The predicted molar refractivity (Wildman–Crippen MR) is 70.6 cm³/mol. The zero-order chi connectivity index (χ0) is 13.8. The third-order valence-corrected chi connectivity index (χ3v) is 3.61. The molecule has 0 aliphatic heterocycles. The van der Waals surface area contributed by atoms with Gasteiger partial charge in [0.15, 0.2) is 0 Å². The molecule has 0 aliphatic carbocycles. The van der Waals surface area contributed by atoms with Gasteiger partial charge in [-0.2, -0.15) is 0 Å². The summed E-state index contributed by atoms with van der Waals surface area (Å²) >= 11 is 5.77. The van der Waals surface area contributed by atoms with Crippen molar-refractivity contribution in [1.82, 2.24) is 9.55 Å². The Kier molecular flexibility index (Phi) is 5.62. The Hall–Kier alpha value is -0.590. The van der Waals surface area contributed by atoms with Crippen molar-refractivity contribution in [1.29, 1.82) is 0 Å². The van der Waals surface area contributed by atoms with Crippen LogP contribution in [0.1, 0.15) is 26.0 Å². The number of nitrogens with zero attached hydrogens (tertiary/aromatic N) is 2. The summed E-state index contributed by atoms with van der Waals surface area (Å²) in [6.45, 7) is 5.05. The molecule has 0 spiro atoms. The summed E-state index contributed by atoms with van der Waals surface area (Å²) in [4.78, 5) is 3.92. The van der Waals surface area contributed by atoms with Crippen molar-refractivity contribution in [2.24, 2.45) is 0 Å². The van der Waals surface area contributed by atoms with Gasteiger partial charge in [0, 0.05) is 19.4 Å². The molecule has 0 aromatic carbocycles. The number of ether oxygens (including phenoxy) is 1. The van der Waals surface area contributed by atoms with Gasteiger partial charge in [0.1, 0.15) is 0 Å². The molecule has 0 fully saturated rings. The van der Waals surface area contributed by atoms with Crippen LogP contribution in [0.4, 0.5) is 0 Å². The number of rotatable bonds is 7. The lowest BCUT2D eigenvalue weighted by molar-refractivity contribution is 0.0744. The van der Waals surface area contributed by atoms with Crippen LogP contribution in [0.2, 0.25) is 0 Å². The number of alkyl halides is 1. The molecule has 0 amide bonds. The molecule has 1 aromatic rings. The first-order valence-electron chi connectivity index (χ1n) is 5.78. The number of halogens is 1. The number of hydrogen-bond acceptors (Lipinski definition) is 4. The number of imidazole rings is 1. The molecule has 18 heavy (non-hydrogen) atoms. The third kappa shape index (κ3) is 4.26. The maximum Gasteiger partial charge on any atom is 0.227 e. The average Bonchev–Trinajstić information content (AvgIpc) is 2.66. The molecular formula is C11H19ClN2O3S. The fourth-order valence-corrected chi connectivity index (χ4v) is 2.64. The Morgan fingerprint density at radius 1 is 1.50 bits per heavy atom. The van der Waals surface area contributed by atoms with E-state index in [-0.39, 0.29) is 17.1 Å². The van der Waals surface area contributed by atoms with Crippen molar-refractivity contribution >= 4 is 21.4 Å². The van der Waals surface area contributed by atoms with E-state index in [2.05, 4.69) is 4.98 Å². The van der Waals surface area contributed by atoms with Gasteiger partial charge < -0.3 is 9.30 Å². The number of aromatic nitrogens is 2. The van der Waals surface area contributed by atoms with Crippen LogP contribution in [-0.2, 0) is 27.0 Å². The van der Waals surface area contributed by atoms with E-state index in [4.69, 9.17) is 16.3 Å². The molecule has 5 nitrogen and oxygen atoms in total. The third-order valence-electron chi connectivity index (χ3n) is 2.35. The Morgan fingerprint density at radius 2 is 2.17 bits per heavy atom. The van der Waals surface area contributed by atoms with Crippen LogP contribution in [0, 0.1) is 0 Å². The highest BCUT2D eigenvalue weighted by molar-refractivity contribution is 7.90. The monoisotopic (exact) mass is 294 g/mol. The SMILES string of the molecule is CC(C)OCCCn1c(CCl)cnc1S(C)(=O)=O. The number of sulfone groups is 1. The standard InChI is InChI=1S/C11H19ClN2O3S/c1-9(2)17-6-4-5-14-10(7-12)8-13-11(14)18(3,15)16/h8-9H,4-7H2,1-3H3. The van der Waals surface area contributed by atoms with Crippen LogP contribution >= 0.6 is 11.6 Å². The van der Waals surface area contributed by atoms with Crippen molar-refractivity contribution in [3.8, 4) is 0 Å². The Bertz CT molecular complexity index is 482. The fourth-order valence-electron chi connectivity index (χ4n) is 1.58. The molecule has 0 bridgehead atoms. The van der Waals surface area contributed by atoms with Crippen LogP contribution < -0.4 is 0 Å². The van der Waals surface area contributed by atoms with Gasteiger partial charge in [-0.25, -0.2) is 13.4 Å². The molecule has 0 aliphatic rings. The van der Waals surface area contributed by atoms with E-state index in [1.807, 2.05) is 13.8 Å². The maximum atomic E-state index is 11.6. The van der Waals surface area contributed by atoms with E-state index in [0.29, 0.717) is 18.8 Å². The Labute approximate surface area is 113 Å². The summed E-state index contributed by atoms with van der Waals surface area (Å²) in [5.74, 6) is 0.244. The van der Waals surface area contributed by atoms with Gasteiger partial charge in [0.25, 0.3) is 0 Å². The molecule has 1 rings (SSSR count). The quantitative estimate of drug-likeness (QED) is 0.569. The summed E-state index contributed by atoms with van der Waals surface area (Å²) in [5, 5.41) is 0.0719. The van der Waals surface area contributed by atoms with Gasteiger partial charge >= 0.3 is 0 Å². The van der Waals surface area contributed by atoms with Gasteiger partial charge in [-0.1, -0.05) is 0 Å². The first-order chi connectivity index (χ1) is 8.36. The van der Waals surface area contributed by atoms with Gasteiger partial charge in [0.2, 0.25) is 15.0 Å². The molecule has 104 valence electrons. The fraction of sp³-hybridized carbons (Fsp3) is 0.727.